The summed E-state index contributed by atoms with van der Waals surface area (Å²) in [6.07, 6.45) is 4.48. The number of aliphatic carboxylic acids is 1. The number of rotatable bonds is 2. The van der Waals surface area contributed by atoms with Gasteiger partial charge in [-0.05, 0) is 25.7 Å². The van der Waals surface area contributed by atoms with Crippen molar-refractivity contribution in [2.45, 2.75) is 31.3 Å². The molecule has 1 spiro atoms. The van der Waals surface area contributed by atoms with E-state index in [1.807, 2.05) is 4.90 Å². The van der Waals surface area contributed by atoms with Crippen molar-refractivity contribution < 1.29 is 14.6 Å². The van der Waals surface area contributed by atoms with Gasteiger partial charge in [-0.3, -0.25) is 9.69 Å². The average molecular weight is 199 g/mol. The lowest BCUT2D eigenvalue weighted by Crippen LogP contribution is -2.40. The maximum atomic E-state index is 10.5. The predicted octanol–water partition coefficient (Wildman–Crippen LogP) is 0.716. The molecule has 2 aliphatic heterocycles. The van der Waals surface area contributed by atoms with Crippen LogP contribution in [0.3, 0.4) is 0 Å². The highest BCUT2D eigenvalue weighted by Gasteiger charge is 2.40. The van der Waals surface area contributed by atoms with Gasteiger partial charge in [-0.15, -0.1) is 0 Å². The standard InChI is InChI=1S/C10H17NO3/c12-9(13)7-11-5-4-10(8-11)3-1-2-6-14-10/h1-8H2,(H,12,13)/t10-/m1/s1. The van der Waals surface area contributed by atoms with Crippen LogP contribution in [0.25, 0.3) is 0 Å². The zero-order valence-corrected chi connectivity index (χ0v) is 8.37. The highest BCUT2D eigenvalue weighted by atomic mass is 16.5. The maximum Gasteiger partial charge on any atom is 0.317 e. The number of nitrogens with zero attached hydrogens (tertiary/aromatic N) is 1. The maximum absolute atomic E-state index is 10.5. The van der Waals surface area contributed by atoms with Crippen molar-refractivity contribution in [3.63, 3.8) is 0 Å². The topological polar surface area (TPSA) is 49.8 Å². The summed E-state index contributed by atoms with van der Waals surface area (Å²) in [5.41, 5.74) is -0.00625. The van der Waals surface area contributed by atoms with Crippen LogP contribution in [-0.4, -0.2) is 47.8 Å². The summed E-state index contributed by atoms with van der Waals surface area (Å²) in [5, 5.41) is 8.68. The summed E-state index contributed by atoms with van der Waals surface area (Å²) in [5.74, 6) is -0.738. The fourth-order valence-corrected chi connectivity index (χ4v) is 2.49. The molecule has 2 saturated heterocycles. The van der Waals surface area contributed by atoms with E-state index in [1.54, 1.807) is 0 Å². The van der Waals surface area contributed by atoms with E-state index in [0.717, 1.165) is 39.0 Å². The first kappa shape index (κ1) is 9.93. The molecule has 0 aromatic heterocycles. The highest BCUT2D eigenvalue weighted by molar-refractivity contribution is 5.69. The molecule has 0 bridgehead atoms. The SMILES string of the molecule is O=C(O)CN1CC[C@]2(CCCCO2)C1. The Morgan fingerprint density at radius 1 is 1.43 bits per heavy atom. The number of hydrogen-bond donors (Lipinski definition) is 1. The van der Waals surface area contributed by atoms with Crippen LogP contribution in [0, 0.1) is 0 Å². The summed E-state index contributed by atoms with van der Waals surface area (Å²) in [6.45, 7) is 2.68. The largest absolute Gasteiger partial charge is 0.480 e. The van der Waals surface area contributed by atoms with Crippen molar-refractivity contribution in [3.8, 4) is 0 Å². The second kappa shape index (κ2) is 3.87. The van der Waals surface area contributed by atoms with Crippen LogP contribution in [-0.2, 0) is 9.53 Å². The molecule has 0 amide bonds. The van der Waals surface area contributed by atoms with Crippen molar-refractivity contribution >= 4 is 5.97 Å². The smallest absolute Gasteiger partial charge is 0.317 e. The molecule has 2 aliphatic rings. The molecule has 0 unspecified atom stereocenters. The highest BCUT2D eigenvalue weighted by Crippen LogP contribution is 2.33. The van der Waals surface area contributed by atoms with E-state index in [1.165, 1.54) is 6.42 Å². The number of carboxylic acids is 1. The Labute approximate surface area is 83.8 Å². The number of carbonyl (C=O) groups is 1. The van der Waals surface area contributed by atoms with Crippen LogP contribution in [0.2, 0.25) is 0 Å². The van der Waals surface area contributed by atoms with Crippen molar-refractivity contribution in [1.29, 1.82) is 0 Å². The molecule has 2 heterocycles. The third-order valence-electron chi connectivity index (χ3n) is 3.19. The molecule has 2 fully saturated rings. The quantitative estimate of drug-likeness (QED) is 0.711. The Balaban J connectivity index is 1.89. The van der Waals surface area contributed by atoms with Gasteiger partial charge in [-0.25, -0.2) is 0 Å². The van der Waals surface area contributed by atoms with Gasteiger partial charge in [-0.1, -0.05) is 0 Å². The molecule has 0 aromatic rings. The Morgan fingerprint density at radius 2 is 2.29 bits per heavy atom. The minimum atomic E-state index is -0.738. The molecule has 0 aliphatic carbocycles. The van der Waals surface area contributed by atoms with Crippen LogP contribution in [0.1, 0.15) is 25.7 Å². The molecule has 14 heavy (non-hydrogen) atoms. The van der Waals surface area contributed by atoms with E-state index in [0.29, 0.717) is 0 Å². The van der Waals surface area contributed by atoms with Gasteiger partial charge in [0.15, 0.2) is 0 Å². The summed E-state index contributed by atoms with van der Waals surface area (Å²) in [7, 11) is 0. The molecule has 1 atom stereocenters. The van der Waals surface area contributed by atoms with Gasteiger partial charge in [0.1, 0.15) is 0 Å². The van der Waals surface area contributed by atoms with E-state index in [2.05, 4.69) is 0 Å². The Morgan fingerprint density at radius 3 is 2.93 bits per heavy atom. The van der Waals surface area contributed by atoms with Crippen molar-refractivity contribution in [2.75, 3.05) is 26.2 Å². The third-order valence-corrected chi connectivity index (χ3v) is 3.19. The monoisotopic (exact) mass is 199 g/mol. The first-order valence-corrected chi connectivity index (χ1v) is 5.28. The first-order chi connectivity index (χ1) is 6.70. The van der Waals surface area contributed by atoms with Crippen molar-refractivity contribution in [2.24, 2.45) is 0 Å². The molecule has 0 aromatic carbocycles. The van der Waals surface area contributed by atoms with Crippen LogP contribution in [0.15, 0.2) is 0 Å². The Hall–Kier alpha value is -0.610. The number of likely N-dealkylation sites (tertiary alicyclic amines) is 1. The Bertz CT molecular complexity index is 223. The van der Waals surface area contributed by atoms with E-state index in [9.17, 15) is 4.79 Å². The second-order valence-corrected chi connectivity index (χ2v) is 4.34. The van der Waals surface area contributed by atoms with Crippen LogP contribution < -0.4 is 0 Å². The normalized spacial score (nSPS) is 33.7. The number of hydrogen-bond acceptors (Lipinski definition) is 3. The molecular formula is C10H17NO3. The van der Waals surface area contributed by atoms with Crippen LogP contribution in [0.5, 0.6) is 0 Å². The van der Waals surface area contributed by atoms with Gasteiger partial charge >= 0.3 is 5.97 Å². The van der Waals surface area contributed by atoms with Gasteiger partial charge in [0.25, 0.3) is 0 Å². The molecule has 4 heteroatoms. The van der Waals surface area contributed by atoms with Gasteiger partial charge in [-0.2, -0.15) is 0 Å². The van der Waals surface area contributed by atoms with E-state index in [4.69, 9.17) is 9.84 Å². The number of carboxylic acid groups (broad SMARTS) is 1. The fraction of sp³-hybridized carbons (Fsp3) is 0.900. The third kappa shape index (κ3) is 2.07. The summed E-state index contributed by atoms with van der Waals surface area (Å²) in [6, 6.07) is 0. The van der Waals surface area contributed by atoms with Crippen molar-refractivity contribution in [1.82, 2.24) is 4.90 Å². The second-order valence-electron chi connectivity index (χ2n) is 4.34. The summed E-state index contributed by atoms with van der Waals surface area (Å²) < 4.78 is 5.80. The zero-order valence-electron chi connectivity index (χ0n) is 8.37. The van der Waals surface area contributed by atoms with Crippen LogP contribution in [0.4, 0.5) is 0 Å². The Kier molecular flexibility index (Phi) is 2.74. The molecule has 4 nitrogen and oxygen atoms in total. The molecule has 0 radical (unpaired) electrons. The van der Waals surface area contributed by atoms with Crippen LogP contribution >= 0.6 is 0 Å². The predicted molar refractivity (Wildman–Crippen MR) is 51.2 cm³/mol. The van der Waals surface area contributed by atoms with Crippen molar-refractivity contribution in [3.05, 3.63) is 0 Å². The minimum absolute atomic E-state index is 0.00625. The lowest BCUT2D eigenvalue weighted by atomic mass is 9.93. The van der Waals surface area contributed by atoms with Gasteiger partial charge in [0.05, 0.1) is 12.1 Å². The number of ether oxygens (including phenoxy) is 1. The van der Waals surface area contributed by atoms with E-state index < -0.39 is 5.97 Å². The summed E-state index contributed by atoms with van der Waals surface area (Å²) >= 11 is 0. The molecular weight excluding hydrogens is 182 g/mol. The molecule has 0 saturated carbocycles. The fourth-order valence-electron chi connectivity index (χ4n) is 2.49. The lowest BCUT2D eigenvalue weighted by molar-refractivity contribution is -0.138. The lowest BCUT2D eigenvalue weighted by Gasteiger charge is -2.33. The van der Waals surface area contributed by atoms with Gasteiger partial charge < -0.3 is 9.84 Å². The average Bonchev–Trinajstić information content (AvgIpc) is 2.49. The molecule has 1 N–H and O–H groups in total. The van der Waals surface area contributed by atoms with E-state index >= 15 is 0 Å². The summed E-state index contributed by atoms with van der Waals surface area (Å²) in [4.78, 5) is 12.5. The molecule has 2 rings (SSSR count). The van der Waals surface area contributed by atoms with Gasteiger partial charge in [0.2, 0.25) is 0 Å². The minimum Gasteiger partial charge on any atom is -0.480 e. The first-order valence-electron chi connectivity index (χ1n) is 5.28. The zero-order chi connectivity index (χ0) is 10.0. The van der Waals surface area contributed by atoms with Gasteiger partial charge in [0, 0.05) is 19.7 Å². The molecule has 80 valence electrons. The van der Waals surface area contributed by atoms with E-state index in [-0.39, 0.29) is 12.1 Å².